The van der Waals surface area contributed by atoms with Gasteiger partial charge in [-0.1, -0.05) is 12.1 Å². The van der Waals surface area contributed by atoms with Gasteiger partial charge < -0.3 is 15.2 Å². The first-order valence-electron chi connectivity index (χ1n) is 7.38. The Labute approximate surface area is 139 Å². The molecule has 6 nitrogen and oxygen atoms in total. The summed E-state index contributed by atoms with van der Waals surface area (Å²) in [5.41, 5.74) is 2.79. The number of methoxy groups -OCH3 is 1. The van der Waals surface area contributed by atoms with Gasteiger partial charge in [0, 0.05) is 11.3 Å². The van der Waals surface area contributed by atoms with Crippen molar-refractivity contribution in [3.05, 3.63) is 59.8 Å². The number of aromatic nitrogens is 2. The summed E-state index contributed by atoms with van der Waals surface area (Å²) in [5.74, 6) is 0.559. The Morgan fingerprint density at radius 2 is 1.96 bits per heavy atom. The number of rotatable bonds is 4. The lowest BCUT2D eigenvalue weighted by atomic mass is 10.1. The van der Waals surface area contributed by atoms with Crippen LogP contribution in [0.4, 0.5) is 5.69 Å². The molecule has 0 unspecified atom stereocenters. The van der Waals surface area contributed by atoms with E-state index in [0.717, 1.165) is 5.56 Å². The average molecular weight is 323 g/mol. The Morgan fingerprint density at radius 1 is 1.21 bits per heavy atom. The number of hydrogen-bond donors (Lipinski definition) is 3. The number of nitrogens with zero attached hydrogens (tertiary/aromatic N) is 1. The molecule has 0 aliphatic rings. The number of carbonyl (C=O) groups is 1. The molecule has 0 spiro atoms. The van der Waals surface area contributed by atoms with Gasteiger partial charge >= 0.3 is 0 Å². The number of aromatic hydroxyl groups is 1. The summed E-state index contributed by atoms with van der Waals surface area (Å²) in [6.07, 6.45) is 0. The highest BCUT2D eigenvalue weighted by Gasteiger charge is 2.14. The van der Waals surface area contributed by atoms with Gasteiger partial charge in [-0.05, 0) is 48.9 Å². The number of anilines is 1. The van der Waals surface area contributed by atoms with Gasteiger partial charge in [0.25, 0.3) is 5.91 Å². The number of aromatic amines is 1. The number of ether oxygens (including phenoxy) is 1. The minimum atomic E-state index is -0.314. The molecule has 0 radical (unpaired) electrons. The number of carbonyl (C=O) groups excluding carboxylic acids is 1. The summed E-state index contributed by atoms with van der Waals surface area (Å²) in [7, 11) is 1.58. The van der Waals surface area contributed by atoms with Crippen molar-refractivity contribution in [2.45, 2.75) is 6.92 Å². The standard InChI is InChI=1S/C18H17N3O3/c1-11-4-3-5-14(17(11)22)15-10-16(21-20-15)18(23)19-12-6-8-13(24-2)9-7-12/h3-10,22H,1-2H3,(H,19,23)(H,20,21). The third-order valence-electron chi connectivity index (χ3n) is 3.68. The largest absolute Gasteiger partial charge is 0.507 e. The van der Waals surface area contributed by atoms with Crippen LogP contribution in [0.15, 0.2) is 48.5 Å². The zero-order valence-corrected chi connectivity index (χ0v) is 13.3. The lowest BCUT2D eigenvalue weighted by molar-refractivity contribution is 0.102. The van der Waals surface area contributed by atoms with Crippen LogP contribution in [0.1, 0.15) is 16.1 Å². The zero-order valence-electron chi connectivity index (χ0n) is 13.3. The van der Waals surface area contributed by atoms with Crippen LogP contribution < -0.4 is 10.1 Å². The molecule has 0 saturated carbocycles. The Balaban J connectivity index is 1.79. The van der Waals surface area contributed by atoms with Gasteiger partial charge in [0.15, 0.2) is 0 Å². The van der Waals surface area contributed by atoms with E-state index in [-0.39, 0.29) is 11.7 Å². The van der Waals surface area contributed by atoms with Crippen LogP contribution in [0.25, 0.3) is 11.3 Å². The fraction of sp³-hybridized carbons (Fsp3) is 0.111. The average Bonchev–Trinajstić information content (AvgIpc) is 3.08. The first-order chi connectivity index (χ1) is 11.6. The SMILES string of the molecule is COc1ccc(NC(=O)c2cc(-c3cccc(C)c3O)n[nH]2)cc1. The second-order valence-corrected chi connectivity index (χ2v) is 5.32. The van der Waals surface area contributed by atoms with Gasteiger partial charge in [0.05, 0.1) is 12.8 Å². The number of phenolic OH excluding ortho intramolecular Hbond substituents is 1. The minimum absolute atomic E-state index is 0.158. The predicted octanol–water partition coefficient (Wildman–Crippen LogP) is 3.35. The molecule has 0 atom stereocenters. The highest BCUT2D eigenvalue weighted by molar-refractivity contribution is 6.03. The summed E-state index contributed by atoms with van der Waals surface area (Å²) >= 11 is 0. The van der Waals surface area contributed by atoms with Crippen LogP contribution in [0, 0.1) is 6.92 Å². The second-order valence-electron chi connectivity index (χ2n) is 5.32. The highest BCUT2D eigenvalue weighted by atomic mass is 16.5. The summed E-state index contributed by atoms with van der Waals surface area (Å²) in [6, 6.07) is 14.0. The number of phenols is 1. The molecule has 3 rings (SSSR count). The van der Waals surface area contributed by atoms with Gasteiger partial charge in [0.1, 0.15) is 17.2 Å². The van der Waals surface area contributed by atoms with E-state index in [1.165, 1.54) is 0 Å². The third kappa shape index (κ3) is 3.08. The fourth-order valence-electron chi connectivity index (χ4n) is 2.31. The number of hydrogen-bond acceptors (Lipinski definition) is 4. The second kappa shape index (κ2) is 6.45. The Kier molecular flexibility index (Phi) is 4.20. The van der Waals surface area contributed by atoms with Crippen molar-refractivity contribution in [3.63, 3.8) is 0 Å². The van der Waals surface area contributed by atoms with E-state index >= 15 is 0 Å². The number of nitrogens with one attached hydrogen (secondary N) is 2. The van der Waals surface area contributed by atoms with E-state index < -0.39 is 0 Å². The molecule has 0 aliphatic carbocycles. The Hall–Kier alpha value is -3.28. The molecular formula is C18H17N3O3. The van der Waals surface area contributed by atoms with Gasteiger partial charge in [-0.25, -0.2) is 0 Å². The maximum atomic E-state index is 12.3. The van der Waals surface area contributed by atoms with Crippen molar-refractivity contribution in [3.8, 4) is 22.8 Å². The maximum absolute atomic E-state index is 12.3. The molecule has 0 aliphatic heterocycles. The number of amides is 1. The van der Waals surface area contributed by atoms with Gasteiger partial charge in [-0.2, -0.15) is 5.10 Å². The molecule has 6 heteroatoms. The zero-order chi connectivity index (χ0) is 17.1. The van der Waals surface area contributed by atoms with E-state index in [4.69, 9.17) is 4.74 Å². The molecule has 122 valence electrons. The maximum Gasteiger partial charge on any atom is 0.273 e. The Morgan fingerprint density at radius 3 is 2.67 bits per heavy atom. The monoisotopic (exact) mass is 323 g/mol. The molecule has 0 bridgehead atoms. The molecule has 1 amide bonds. The van der Waals surface area contributed by atoms with E-state index in [1.807, 2.05) is 19.1 Å². The molecular weight excluding hydrogens is 306 g/mol. The lowest BCUT2D eigenvalue weighted by Gasteiger charge is -2.05. The summed E-state index contributed by atoms with van der Waals surface area (Å²) in [6.45, 7) is 1.81. The van der Waals surface area contributed by atoms with E-state index in [0.29, 0.717) is 28.4 Å². The smallest absolute Gasteiger partial charge is 0.273 e. The molecule has 1 aromatic heterocycles. The van der Waals surface area contributed by atoms with Gasteiger partial charge in [-0.15, -0.1) is 0 Å². The first-order valence-corrected chi connectivity index (χ1v) is 7.38. The van der Waals surface area contributed by atoms with E-state index in [2.05, 4.69) is 15.5 Å². The normalized spacial score (nSPS) is 10.4. The number of aryl methyl sites for hydroxylation is 1. The molecule has 0 fully saturated rings. The molecule has 3 N–H and O–H groups in total. The predicted molar refractivity (Wildman–Crippen MR) is 91.4 cm³/mol. The minimum Gasteiger partial charge on any atom is -0.507 e. The van der Waals surface area contributed by atoms with Crippen LogP contribution in [-0.2, 0) is 0 Å². The summed E-state index contributed by atoms with van der Waals surface area (Å²) in [4.78, 5) is 12.3. The van der Waals surface area contributed by atoms with Crippen molar-refractivity contribution in [2.75, 3.05) is 12.4 Å². The Bertz CT molecular complexity index is 869. The summed E-state index contributed by atoms with van der Waals surface area (Å²) in [5, 5.41) is 19.7. The number of benzene rings is 2. The van der Waals surface area contributed by atoms with Crippen molar-refractivity contribution in [1.29, 1.82) is 0 Å². The third-order valence-corrected chi connectivity index (χ3v) is 3.68. The van der Waals surface area contributed by atoms with Crippen molar-refractivity contribution in [2.24, 2.45) is 0 Å². The van der Waals surface area contributed by atoms with Crippen LogP contribution >= 0.6 is 0 Å². The molecule has 1 heterocycles. The quantitative estimate of drug-likeness (QED) is 0.687. The topological polar surface area (TPSA) is 87.2 Å². The van der Waals surface area contributed by atoms with Crippen LogP contribution in [0.3, 0.4) is 0 Å². The van der Waals surface area contributed by atoms with Crippen molar-refractivity contribution >= 4 is 11.6 Å². The first kappa shape index (κ1) is 15.6. The van der Waals surface area contributed by atoms with Crippen LogP contribution in [0.2, 0.25) is 0 Å². The molecule has 3 aromatic rings. The summed E-state index contributed by atoms with van der Waals surface area (Å²) < 4.78 is 5.08. The van der Waals surface area contributed by atoms with Gasteiger partial charge in [0.2, 0.25) is 0 Å². The number of H-pyrrole nitrogens is 1. The van der Waals surface area contributed by atoms with Crippen molar-refractivity contribution in [1.82, 2.24) is 10.2 Å². The van der Waals surface area contributed by atoms with E-state index in [1.54, 1.807) is 43.5 Å². The molecule has 24 heavy (non-hydrogen) atoms. The lowest BCUT2D eigenvalue weighted by Crippen LogP contribution is -2.12. The number of para-hydroxylation sites is 1. The molecule has 2 aromatic carbocycles. The van der Waals surface area contributed by atoms with Crippen LogP contribution in [0.5, 0.6) is 11.5 Å². The fourth-order valence-corrected chi connectivity index (χ4v) is 2.31. The van der Waals surface area contributed by atoms with E-state index in [9.17, 15) is 9.90 Å². The van der Waals surface area contributed by atoms with Gasteiger partial charge in [-0.3, -0.25) is 9.89 Å². The van der Waals surface area contributed by atoms with Crippen LogP contribution in [-0.4, -0.2) is 28.3 Å². The molecule has 0 saturated heterocycles. The van der Waals surface area contributed by atoms with Crippen molar-refractivity contribution < 1.29 is 14.6 Å². The highest BCUT2D eigenvalue weighted by Crippen LogP contribution is 2.30.